The normalized spacial score (nSPS) is 20.2. The Labute approximate surface area is 96.3 Å². The number of fused-ring (bicyclic) bond motifs is 2. The first-order chi connectivity index (χ1) is 8.16. The molecular weight excluding hydrogens is 224 g/mol. The van der Waals surface area contributed by atoms with Gasteiger partial charge in [-0.1, -0.05) is 12.2 Å². The molecule has 3 rings (SSSR count). The van der Waals surface area contributed by atoms with Gasteiger partial charge in [-0.05, 0) is 17.7 Å². The van der Waals surface area contributed by atoms with Gasteiger partial charge in [0.15, 0.2) is 17.3 Å². The fourth-order valence-electron chi connectivity index (χ4n) is 1.96. The minimum Gasteiger partial charge on any atom is -0.480 e. The van der Waals surface area contributed by atoms with Crippen LogP contribution < -0.4 is 9.47 Å². The van der Waals surface area contributed by atoms with Crippen LogP contribution >= 0.6 is 0 Å². The molecule has 1 aromatic rings. The summed E-state index contributed by atoms with van der Waals surface area (Å²) < 4.78 is 10.4. The van der Waals surface area contributed by atoms with Gasteiger partial charge >= 0.3 is 5.97 Å². The second kappa shape index (κ2) is 3.35. The quantitative estimate of drug-likeness (QED) is 0.739. The standard InChI is InChI=1S/C12H8O5/c13-11-7(12(14)15)2-1-6-3-9-10(4-8(6)11)17-5-16-9/h1-4,7H,5H2,(H,14,15). The number of rotatable bonds is 1. The number of aliphatic carboxylic acids is 1. The zero-order valence-corrected chi connectivity index (χ0v) is 8.67. The van der Waals surface area contributed by atoms with E-state index >= 15 is 0 Å². The van der Waals surface area contributed by atoms with Gasteiger partial charge in [0, 0.05) is 5.56 Å². The number of benzene rings is 1. The molecule has 0 saturated carbocycles. The number of carboxylic acid groups (broad SMARTS) is 1. The molecule has 1 unspecified atom stereocenters. The van der Waals surface area contributed by atoms with E-state index in [-0.39, 0.29) is 6.79 Å². The molecule has 0 aromatic heterocycles. The van der Waals surface area contributed by atoms with Gasteiger partial charge in [0.1, 0.15) is 5.92 Å². The lowest BCUT2D eigenvalue weighted by molar-refractivity contribution is -0.138. The Bertz CT molecular complexity index is 558. The molecule has 1 heterocycles. The number of hydrogen-bond acceptors (Lipinski definition) is 4. The summed E-state index contributed by atoms with van der Waals surface area (Å²) in [6.45, 7) is 0.124. The molecule has 1 aliphatic heterocycles. The first-order valence-electron chi connectivity index (χ1n) is 5.05. The molecule has 0 amide bonds. The summed E-state index contributed by atoms with van der Waals surface area (Å²) in [5.74, 6) is -1.61. The smallest absolute Gasteiger partial charge is 0.318 e. The fourth-order valence-corrected chi connectivity index (χ4v) is 1.96. The van der Waals surface area contributed by atoms with E-state index in [1.165, 1.54) is 6.08 Å². The summed E-state index contributed by atoms with van der Waals surface area (Å²) in [5, 5.41) is 8.90. The van der Waals surface area contributed by atoms with Crippen molar-refractivity contribution in [3.8, 4) is 11.5 Å². The average molecular weight is 232 g/mol. The second-order valence-electron chi connectivity index (χ2n) is 3.83. The average Bonchev–Trinajstić information content (AvgIpc) is 2.73. The van der Waals surface area contributed by atoms with Crippen LogP contribution in [0.15, 0.2) is 18.2 Å². The highest BCUT2D eigenvalue weighted by Crippen LogP contribution is 2.37. The first kappa shape index (κ1) is 9.89. The largest absolute Gasteiger partial charge is 0.480 e. The van der Waals surface area contributed by atoms with Crippen LogP contribution in [0.5, 0.6) is 11.5 Å². The number of carbonyl (C=O) groups is 2. The molecule has 1 aliphatic carbocycles. The van der Waals surface area contributed by atoms with Gasteiger partial charge in [0.05, 0.1) is 0 Å². The van der Waals surface area contributed by atoms with E-state index in [1.807, 2.05) is 0 Å². The van der Waals surface area contributed by atoms with Crippen molar-refractivity contribution in [1.82, 2.24) is 0 Å². The van der Waals surface area contributed by atoms with Crippen molar-refractivity contribution in [2.24, 2.45) is 5.92 Å². The lowest BCUT2D eigenvalue weighted by atomic mass is 9.88. The second-order valence-corrected chi connectivity index (χ2v) is 3.83. The minimum absolute atomic E-state index is 0.124. The molecule has 1 N–H and O–H groups in total. The zero-order valence-electron chi connectivity index (χ0n) is 8.67. The van der Waals surface area contributed by atoms with E-state index < -0.39 is 17.7 Å². The maximum atomic E-state index is 11.9. The molecule has 0 saturated heterocycles. The molecule has 1 aromatic carbocycles. The number of carboxylic acids is 1. The number of carbonyl (C=O) groups excluding carboxylic acids is 1. The molecule has 5 heteroatoms. The molecule has 1 atom stereocenters. The van der Waals surface area contributed by atoms with Gasteiger partial charge in [-0.25, -0.2) is 0 Å². The zero-order chi connectivity index (χ0) is 12.0. The number of ether oxygens (including phenoxy) is 2. The van der Waals surface area contributed by atoms with Crippen LogP contribution in [0.1, 0.15) is 15.9 Å². The van der Waals surface area contributed by atoms with Gasteiger partial charge in [-0.15, -0.1) is 0 Å². The third-order valence-electron chi connectivity index (χ3n) is 2.83. The van der Waals surface area contributed by atoms with Crippen LogP contribution in [0.25, 0.3) is 6.08 Å². The summed E-state index contributed by atoms with van der Waals surface area (Å²) in [7, 11) is 0. The van der Waals surface area contributed by atoms with Crippen molar-refractivity contribution in [2.75, 3.05) is 6.79 Å². The number of ketones is 1. The Morgan fingerprint density at radius 3 is 2.71 bits per heavy atom. The van der Waals surface area contributed by atoms with Gasteiger partial charge in [0.2, 0.25) is 6.79 Å². The van der Waals surface area contributed by atoms with Gasteiger partial charge in [-0.3, -0.25) is 9.59 Å². The van der Waals surface area contributed by atoms with E-state index in [0.717, 1.165) is 0 Å². The highest BCUT2D eigenvalue weighted by atomic mass is 16.7. The molecule has 0 spiro atoms. The van der Waals surface area contributed by atoms with Crippen LogP contribution in [0.3, 0.4) is 0 Å². The topological polar surface area (TPSA) is 72.8 Å². The van der Waals surface area contributed by atoms with E-state index in [2.05, 4.69) is 0 Å². The van der Waals surface area contributed by atoms with Crippen LogP contribution in [0.2, 0.25) is 0 Å². The van der Waals surface area contributed by atoms with Crippen molar-refractivity contribution in [3.63, 3.8) is 0 Å². The third-order valence-corrected chi connectivity index (χ3v) is 2.83. The van der Waals surface area contributed by atoms with Crippen LogP contribution in [-0.4, -0.2) is 23.7 Å². The monoisotopic (exact) mass is 232 g/mol. The fraction of sp³-hybridized carbons (Fsp3) is 0.167. The summed E-state index contributed by atoms with van der Waals surface area (Å²) in [6, 6.07) is 3.23. The highest BCUT2D eigenvalue weighted by Gasteiger charge is 2.31. The Morgan fingerprint density at radius 1 is 1.29 bits per heavy atom. The van der Waals surface area contributed by atoms with Crippen molar-refractivity contribution in [1.29, 1.82) is 0 Å². The Balaban J connectivity index is 2.12. The molecular formula is C12H8O5. The number of hydrogen-bond donors (Lipinski definition) is 1. The van der Waals surface area contributed by atoms with Crippen LogP contribution in [-0.2, 0) is 4.79 Å². The van der Waals surface area contributed by atoms with E-state index in [0.29, 0.717) is 22.6 Å². The lowest BCUT2D eigenvalue weighted by Crippen LogP contribution is -2.24. The predicted molar refractivity (Wildman–Crippen MR) is 57.1 cm³/mol. The maximum absolute atomic E-state index is 11.9. The predicted octanol–water partition coefficient (Wildman–Crippen LogP) is 1.33. The van der Waals surface area contributed by atoms with E-state index in [4.69, 9.17) is 14.6 Å². The van der Waals surface area contributed by atoms with Crippen molar-refractivity contribution in [3.05, 3.63) is 29.3 Å². The lowest BCUT2D eigenvalue weighted by Gasteiger charge is -2.15. The van der Waals surface area contributed by atoms with Crippen LogP contribution in [0.4, 0.5) is 0 Å². The highest BCUT2D eigenvalue weighted by molar-refractivity contribution is 6.14. The Kier molecular flexibility index (Phi) is 1.95. The van der Waals surface area contributed by atoms with Crippen molar-refractivity contribution >= 4 is 17.8 Å². The molecule has 2 aliphatic rings. The number of Topliss-reactive ketones (excluding diaryl/α,β-unsaturated/α-hetero) is 1. The van der Waals surface area contributed by atoms with E-state index in [1.54, 1.807) is 18.2 Å². The summed E-state index contributed by atoms with van der Waals surface area (Å²) in [5.41, 5.74) is 1.03. The minimum atomic E-state index is -1.14. The van der Waals surface area contributed by atoms with Gasteiger partial charge in [-0.2, -0.15) is 0 Å². The summed E-state index contributed by atoms with van der Waals surface area (Å²) in [4.78, 5) is 22.8. The van der Waals surface area contributed by atoms with Gasteiger partial charge in [0.25, 0.3) is 0 Å². The Hall–Kier alpha value is -2.30. The van der Waals surface area contributed by atoms with Crippen LogP contribution in [0, 0.1) is 5.92 Å². The first-order valence-corrected chi connectivity index (χ1v) is 5.05. The molecule has 0 radical (unpaired) electrons. The SMILES string of the molecule is O=C(O)C1C=Cc2cc3c(cc2C1=O)OCO3. The van der Waals surface area contributed by atoms with Gasteiger partial charge < -0.3 is 14.6 Å². The molecule has 5 nitrogen and oxygen atoms in total. The maximum Gasteiger partial charge on any atom is 0.318 e. The summed E-state index contributed by atoms with van der Waals surface area (Å²) >= 11 is 0. The molecule has 0 fully saturated rings. The molecule has 17 heavy (non-hydrogen) atoms. The van der Waals surface area contributed by atoms with E-state index in [9.17, 15) is 9.59 Å². The third kappa shape index (κ3) is 1.39. The van der Waals surface area contributed by atoms with Crippen molar-refractivity contribution < 1.29 is 24.2 Å². The molecule has 0 bridgehead atoms. The summed E-state index contributed by atoms with van der Waals surface area (Å²) in [6.07, 6.45) is 3.01. The van der Waals surface area contributed by atoms with Crippen molar-refractivity contribution in [2.45, 2.75) is 0 Å². The molecule has 86 valence electrons. The Morgan fingerprint density at radius 2 is 2.00 bits per heavy atom.